The minimum absolute atomic E-state index is 0.0606. The molecule has 0 bridgehead atoms. The molecular formula is C12H21N3O2. The fraction of sp³-hybridized carbons (Fsp3) is 0.667. The maximum Gasteiger partial charge on any atom is 0.220 e. The van der Waals surface area contributed by atoms with Crippen LogP contribution >= 0.6 is 0 Å². The zero-order valence-corrected chi connectivity index (χ0v) is 10.3. The number of nitrogens with one attached hydrogen (secondary N) is 1. The SMILES string of the molecule is CCC(CCO)NC(=O)CCCn1ccnc1. The van der Waals surface area contributed by atoms with E-state index >= 15 is 0 Å². The van der Waals surface area contributed by atoms with Crippen LogP contribution in [-0.2, 0) is 11.3 Å². The van der Waals surface area contributed by atoms with Crippen molar-refractivity contribution in [1.82, 2.24) is 14.9 Å². The van der Waals surface area contributed by atoms with Crippen LogP contribution in [0, 0.1) is 0 Å². The first kappa shape index (κ1) is 13.7. The largest absolute Gasteiger partial charge is 0.396 e. The first-order valence-corrected chi connectivity index (χ1v) is 6.12. The Morgan fingerprint density at radius 1 is 1.59 bits per heavy atom. The number of aryl methyl sites for hydroxylation is 1. The molecule has 2 N–H and O–H groups in total. The van der Waals surface area contributed by atoms with E-state index in [1.54, 1.807) is 12.5 Å². The van der Waals surface area contributed by atoms with Gasteiger partial charge in [-0.05, 0) is 19.3 Å². The van der Waals surface area contributed by atoms with Crippen LogP contribution in [0.1, 0.15) is 32.6 Å². The Kier molecular flexibility index (Phi) is 6.32. The van der Waals surface area contributed by atoms with E-state index in [1.165, 1.54) is 0 Å². The fourth-order valence-electron chi connectivity index (χ4n) is 1.68. The van der Waals surface area contributed by atoms with Gasteiger partial charge in [-0.1, -0.05) is 6.92 Å². The highest BCUT2D eigenvalue weighted by Crippen LogP contribution is 2.00. The third kappa shape index (κ3) is 5.49. The van der Waals surface area contributed by atoms with E-state index in [1.807, 2.05) is 17.7 Å². The van der Waals surface area contributed by atoms with Crippen molar-refractivity contribution in [3.8, 4) is 0 Å². The lowest BCUT2D eigenvalue weighted by Crippen LogP contribution is -2.34. The summed E-state index contributed by atoms with van der Waals surface area (Å²) in [5.41, 5.74) is 0. The maximum atomic E-state index is 11.6. The number of rotatable bonds is 8. The zero-order chi connectivity index (χ0) is 12.5. The van der Waals surface area contributed by atoms with Gasteiger partial charge in [0.15, 0.2) is 0 Å². The molecule has 0 aliphatic rings. The Hall–Kier alpha value is -1.36. The van der Waals surface area contributed by atoms with Crippen molar-refractivity contribution >= 4 is 5.91 Å². The summed E-state index contributed by atoms with van der Waals surface area (Å²) in [5, 5.41) is 11.7. The van der Waals surface area contributed by atoms with Crippen molar-refractivity contribution in [2.45, 2.75) is 45.2 Å². The Bertz CT molecular complexity index is 312. The van der Waals surface area contributed by atoms with E-state index in [-0.39, 0.29) is 18.6 Å². The van der Waals surface area contributed by atoms with Crippen molar-refractivity contribution in [1.29, 1.82) is 0 Å². The van der Waals surface area contributed by atoms with Crippen LogP contribution in [0.25, 0.3) is 0 Å². The molecule has 1 heterocycles. The molecule has 0 saturated heterocycles. The Balaban J connectivity index is 2.16. The molecule has 0 aliphatic carbocycles. The van der Waals surface area contributed by atoms with E-state index in [4.69, 9.17) is 5.11 Å². The maximum absolute atomic E-state index is 11.6. The van der Waals surface area contributed by atoms with Gasteiger partial charge in [-0.3, -0.25) is 4.79 Å². The lowest BCUT2D eigenvalue weighted by Gasteiger charge is -2.15. The highest BCUT2D eigenvalue weighted by Gasteiger charge is 2.09. The number of carbonyl (C=O) groups is 1. The number of aliphatic hydroxyl groups excluding tert-OH is 1. The summed E-state index contributed by atoms with van der Waals surface area (Å²) in [5.74, 6) is 0.0606. The van der Waals surface area contributed by atoms with E-state index in [0.29, 0.717) is 12.8 Å². The normalized spacial score (nSPS) is 12.4. The first-order chi connectivity index (χ1) is 8.26. The van der Waals surface area contributed by atoms with Gasteiger partial charge in [0.05, 0.1) is 6.33 Å². The van der Waals surface area contributed by atoms with Crippen molar-refractivity contribution in [3.05, 3.63) is 18.7 Å². The molecule has 1 aromatic rings. The Morgan fingerprint density at radius 3 is 3.00 bits per heavy atom. The number of amides is 1. The molecule has 1 atom stereocenters. The molecule has 1 aromatic heterocycles. The lowest BCUT2D eigenvalue weighted by molar-refractivity contribution is -0.122. The van der Waals surface area contributed by atoms with Gasteiger partial charge in [-0.25, -0.2) is 4.98 Å². The molecule has 5 nitrogen and oxygen atoms in total. The van der Waals surface area contributed by atoms with Gasteiger partial charge in [-0.15, -0.1) is 0 Å². The number of nitrogens with zero attached hydrogens (tertiary/aromatic N) is 2. The van der Waals surface area contributed by atoms with Crippen LogP contribution in [-0.4, -0.2) is 33.2 Å². The van der Waals surface area contributed by atoms with E-state index in [0.717, 1.165) is 19.4 Å². The molecule has 0 fully saturated rings. The molecule has 1 rings (SSSR count). The third-order valence-corrected chi connectivity index (χ3v) is 2.71. The van der Waals surface area contributed by atoms with Crippen LogP contribution in [0.15, 0.2) is 18.7 Å². The quantitative estimate of drug-likeness (QED) is 0.709. The van der Waals surface area contributed by atoms with Crippen LogP contribution in [0.5, 0.6) is 0 Å². The minimum atomic E-state index is 0.0606. The van der Waals surface area contributed by atoms with Crippen LogP contribution in [0.3, 0.4) is 0 Å². The van der Waals surface area contributed by atoms with Crippen LogP contribution in [0.4, 0.5) is 0 Å². The summed E-state index contributed by atoms with van der Waals surface area (Å²) in [4.78, 5) is 15.5. The van der Waals surface area contributed by atoms with Gasteiger partial charge in [-0.2, -0.15) is 0 Å². The molecular weight excluding hydrogens is 218 g/mol. The monoisotopic (exact) mass is 239 g/mol. The number of aliphatic hydroxyl groups is 1. The van der Waals surface area contributed by atoms with E-state index < -0.39 is 0 Å². The van der Waals surface area contributed by atoms with Gasteiger partial charge in [0.2, 0.25) is 5.91 Å². The number of carbonyl (C=O) groups excluding carboxylic acids is 1. The van der Waals surface area contributed by atoms with Gasteiger partial charge < -0.3 is 15.0 Å². The number of imidazole rings is 1. The average Bonchev–Trinajstić information content (AvgIpc) is 2.81. The Morgan fingerprint density at radius 2 is 2.41 bits per heavy atom. The molecule has 1 amide bonds. The van der Waals surface area contributed by atoms with E-state index in [2.05, 4.69) is 10.3 Å². The molecule has 0 saturated carbocycles. The predicted octanol–water partition coefficient (Wildman–Crippen LogP) is 0.940. The van der Waals surface area contributed by atoms with E-state index in [9.17, 15) is 4.79 Å². The summed E-state index contributed by atoms with van der Waals surface area (Å²) in [6.45, 7) is 2.93. The molecule has 0 spiro atoms. The van der Waals surface area contributed by atoms with Gasteiger partial charge in [0.1, 0.15) is 0 Å². The number of aromatic nitrogens is 2. The standard InChI is InChI=1S/C12H21N3O2/c1-2-11(5-9-16)14-12(17)4-3-7-15-8-6-13-10-15/h6,8,10-11,16H,2-5,7,9H2,1H3,(H,14,17). The molecule has 0 aliphatic heterocycles. The highest BCUT2D eigenvalue weighted by molar-refractivity contribution is 5.76. The second kappa shape index (κ2) is 7.84. The Labute approximate surface area is 102 Å². The molecule has 17 heavy (non-hydrogen) atoms. The summed E-state index contributed by atoms with van der Waals surface area (Å²) in [7, 11) is 0. The second-order valence-electron chi connectivity index (χ2n) is 4.09. The minimum Gasteiger partial charge on any atom is -0.396 e. The summed E-state index contributed by atoms with van der Waals surface area (Å²) in [6, 6.07) is 0.0979. The second-order valence-corrected chi connectivity index (χ2v) is 4.09. The molecule has 5 heteroatoms. The summed E-state index contributed by atoms with van der Waals surface area (Å²) >= 11 is 0. The van der Waals surface area contributed by atoms with Crippen LogP contribution < -0.4 is 5.32 Å². The van der Waals surface area contributed by atoms with Crippen molar-refractivity contribution < 1.29 is 9.90 Å². The molecule has 0 radical (unpaired) electrons. The third-order valence-electron chi connectivity index (χ3n) is 2.71. The molecule has 96 valence electrons. The zero-order valence-electron chi connectivity index (χ0n) is 10.3. The number of hydrogen-bond acceptors (Lipinski definition) is 3. The van der Waals surface area contributed by atoms with Crippen LogP contribution in [0.2, 0.25) is 0 Å². The predicted molar refractivity (Wildman–Crippen MR) is 65.4 cm³/mol. The number of hydrogen-bond donors (Lipinski definition) is 2. The summed E-state index contributed by atoms with van der Waals surface area (Å²) in [6.07, 6.45) is 8.17. The molecule has 1 unspecified atom stereocenters. The van der Waals surface area contributed by atoms with Crippen molar-refractivity contribution in [2.24, 2.45) is 0 Å². The highest BCUT2D eigenvalue weighted by atomic mass is 16.3. The van der Waals surface area contributed by atoms with Gasteiger partial charge >= 0.3 is 0 Å². The van der Waals surface area contributed by atoms with Gasteiger partial charge in [0.25, 0.3) is 0 Å². The topological polar surface area (TPSA) is 67.2 Å². The van der Waals surface area contributed by atoms with Crippen molar-refractivity contribution in [2.75, 3.05) is 6.61 Å². The average molecular weight is 239 g/mol. The van der Waals surface area contributed by atoms with Crippen molar-refractivity contribution in [3.63, 3.8) is 0 Å². The molecule has 0 aromatic carbocycles. The lowest BCUT2D eigenvalue weighted by atomic mass is 10.1. The summed E-state index contributed by atoms with van der Waals surface area (Å²) < 4.78 is 1.96. The smallest absolute Gasteiger partial charge is 0.220 e. The van der Waals surface area contributed by atoms with Gasteiger partial charge in [0, 0.05) is 38.0 Å². The first-order valence-electron chi connectivity index (χ1n) is 6.12. The fourth-order valence-corrected chi connectivity index (χ4v) is 1.68.